The van der Waals surface area contributed by atoms with Gasteiger partial charge in [0.2, 0.25) is 5.91 Å². The van der Waals surface area contributed by atoms with E-state index >= 15 is 0 Å². The smallest absolute Gasteiger partial charge is 0.331 e. The Balaban J connectivity index is 1.27. The highest BCUT2D eigenvalue weighted by Gasteiger charge is 2.23. The lowest BCUT2D eigenvalue weighted by molar-refractivity contribution is -0.140. The summed E-state index contributed by atoms with van der Waals surface area (Å²) in [6.07, 6.45) is 2.70. The SMILES string of the molecule is CC(=O)ON=C(CCCN1CCN(C(=O)c2ccc3c(c2)CCC(=O)N3)CC1)c1ccccc1. The van der Waals surface area contributed by atoms with Gasteiger partial charge in [-0.1, -0.05) is 35.5 Å². The highest BCUT2D eigenvalue weighted by Crippen LogP contribution is 2.24. The number of piperazine rings is 1. The first-order chi connectivity index (χ1) is 16.5. The van der Waals surface area contributed by atoms with Gasteiger partial charge in [0, 0.05) is 50.8 Å². The average molecular weight is 463 g/mol. The highest BCUT2D eigenvalue weighted by atomic mass is 16.7. The molecule has 178 valence electrons. The minimum atomic E-state index is -0.433. The quantitative estimate of drug-likeness (QED) is 0.388. The van der Waals surface area contributed by atoms with Crippen LogP contribution in [-0.2, 0) is 20.8 Å². The number of benzene rings is 2. The Morgan fingerprint density at radius 1 is 1.00 bits per heavy atom. The number of rotatable bonds is 7. The maximum Gasteiger partial charge on any atom is 0.331 e. The fourth-order valence-electron chi connectivity index (χ4n) is 4.34. The number of carbonyl (C=O) groups is 3. The Hall–Kier alpha value is -3.52. The van der Waals surface area contributed by atoms with E-state index in [1.54, 1.807) is 6.07 Å². The van der Waals surface area contributed by atoms with Crippen LogP contribution in [-0.4, -0.2) is 66.0 Å². The van der Waals surface area contributed by atoms with Crippen LogP contribution in [0.3, 0.4) is 0 Å². The fourth-order valence-corrected chi connectivity index (χ4v) is 4.34. The summed E-state index contributed by atoms with van der Waals surface area (Å²) in [7, 11) is 0. The molecule has 2 aromatic rings. The Bertz CT molecular complexity index is 1080. The summed E-state index contributed by atoms with van der Waals surface area (Å²) in [6.45, 7) is 5.21. The zero-order chi connectivity index (χ0) is 23.9. The van der Waals surface area contributed by atoms with Gasteiger partial charge in [-0.25, -0.2) is 4.79 Å². The Labute approximate surface area is 199 Å². The standard InChI is InChI=1S/C26H30N4O4/c1-19(31)34-28-24(20-6-3-2-4-7-20)8-5-13-29-14-16-30(17-15-29)26(33)22-9-11-23-21(18-22)10-12-25(32)27-23/h2-4,6-7,9,11,18H,5,8,10,12-17H2,1H3,(H,27,32). The van der Waals surface area contributed by atoms with E-state index in [-0.39, 0.29) is 11.8 Å². The molecule has 0 unspecified atom stereocenters. The second-order valence-corrected chi connectivity index (χ2v) is 8.64. The molecule has 34 heavy (non-hydrogen) atoms. The molecular formula is C26H30N4O4. The number of aryl methyl sites for hydroxylation is 1. The Morgan fingerprint density at radius 3 is 2.50 bits per heavy atom. The van der Waals surface area contributed by atoms with Crippen LogP contribution in [0.15, 0.2) is 53.7 Å². The van der Waals surface area contributed by atoms with Gasteiger partial charge in [-0.15, -0.1) is 0 Å². The molecule has 2 heterocycles. The van der Waals surface area contributed by atoms with Crippen LogP contribution >= 0.6 is 0 Å². The maximum absolute atomic E-state index is 13.0. The van der Waals surface area contributed by atoms with Gasteiger partial charge in [0.25, 0.3) is 5.91 Å². The zero-order valence-corrected chi connectivity index (χ0v) is 19.5. The van der Waals surface area contributed by atoms with E-state index in [4.69, 9.17) is 4.84 Å². The van der Waals surface area contributed by atoms with Gasteiger partial charge in [-0.05, 0) is 55.1 Å². The normalized spacial score (nSPS) is 16.6. The first-order valence-corrected chi connectivity index (χ1v) is 11.7. The van der Waals surface area contributed by atoms with Crippen LogP contribution in [0.4, 0.5) is 5.69 Å². The number of carbonyl (C=O) groups excluding carboxylic acids is 3. The van der Waals surface area contributed by atoms with Gasteiger partial charge in [0.05, 0.1) is 5.71 Å². The molecule has 4 rings (SSSR count). The fraction of sp³-hybridized carbons (Fsp3) is 0.385. The second-order valence-electron chi connectivity index (χ2n) is 8.64. The number of nitrogens with zero attached hydrogens (tertiary/aromatic N) is 3. The lowest BCUT2D eigenvalue weighted by Crippen LogP contribution is -2.48. The van der Waals surface area contributed by atoms with E-state index in [1.165, 1.54) is 6.92 Å². The van der Waals surface area contributed by atoms with E-state index in [0.29, 0.717) is 37.9 Å². The number of oxime groups is 1. The van der Waals surface area contributed by atoms with E-state index in [2.05, 4.69) is 15.4 Å². The largest absolute Gasteiger partial charge is 0.336 e. The summed E-state index contributed by atoms with van der Waals surface area (Å²) in [6, 6.07) is 15.3. The summed E-state index contributed by atoms with van der Waals surface area (Å²) >= 11 is 0. The molecule has 0 atom stereocenters. The molecule has 8 nitrogen and oxygen atoms in total. The van der Waals surface area contributed by atoms with Crippen LogP contribution in [0.25, 0.3) is 0 Å². The van der Waals surface area contributed by atoms with Crippen LogP contribution in [0.1, 0.15) is 47.7 Å². The topological polar surface area (TPSA) is 91.3 Å². The van der Waals surface area contributed by atoms with Crippen molar-refractivity contribution >= 4 is 29.2 Å². The monoisotopic (exact) mass is 462 g/mol. The van der Waals surface area contributed by atoms with Gasteiger partial charge in [0.1, 0.15) is 0 Å². The van der Waals surface area contributed by atoms with Crippen molar-refractivity contribution in [2.24, 2.45) is 5.16 Å². The molecule has 2 aliphatic rings. The van der Waals surface area contributed by atoms with E-state index in [0.717, 1.165) is 48.6 Å². The third-order valence-electron chi connectivity index (χ3n) is 6.19. The van der Waals surface area contributed by atoms with Crippen molar-refractivity contribution < 1.29 is 19.2 Å². The molecular weight excluding hydrogens is 432 g/mol. The van der Waals surface area contributed by atoms with Crippen molar-refractivity contribution in [1.82, 2.24) is 9.80 Å². The highest BCUT2D eigenvalue weighted by molar-refractivity contribution is 6.00. The Kier molecular flexibility index (Phi) is 7.69. The van der Waals surface area contributed by atoms with Gasteiger partial charge in [-0.2, -0.15) is 0 Å². The average Bonchev–Trinajstić information content (AvgIpc) is 2.86. The number of hydrogen-bond acceptors (Lipinski definition) is 6. The minimum Gasteiger partial charge on any atom is -0.336 e. The molecule has 0 aromatic heterocycles. The summed E-state index contributed by atoms with van der Waals surface area (Å²) in [4.78, 5) is 44.9. The molecule has 0 bridgehead atoms. The molecule has 0 spiro atoms. The molecule has 0 aliphatic carbocycles. The van der Waals surface area contributed by atoms with E-state index in [9.17, 15) is 14.4 Å². The number of amides is 2. The second kappa shape index (κ2) is 11.1. The number of nitrogens with one attached hydrogen (secondary N) is 1. The van der Waals surface area contributed by atoms with Crippen molar-refractivity contribution in [1.29, 1.82) is 0 Å². The summed E-state index contributed by atoms with van der Waals surface area (Å²) in [5.41, 5.74) is 4.22. The van der Waals surface area contributed by atoms with E-state index in [1.807, 2.05) is 47.4 Å². The molecule has 0 radical (unpaired) electrons. The number of fused-ring (bicyclic) bond motifs is 1. The number of hydrogen-bond donors (Lipinski definition) is 1. The summed E-state index contributed by atoms with van der Waals surface area (Å²) in [5, 5.41) is 6.91. The zero-order valence-electron chi connectivity index (χ0n) is 19.5. The molecule has 1 N–H and O–H groups in total. The van der Waals surface area contributed by atoms with Crippen molar-refractivity contribution in [2.75, 3.05) is 38.0 Å². The third kappa shape index (κ3) is 6.08. The van der Waals surface area contributed by atoms with Crippen LogP contribution in [0.2, 0.25) is 0 Å². The van der Waals surface area contributed by atoms with Crippen molar-refractivity contribution in [3.63, 3.8) is 0 Å². The third-order valence-corrected chi connectivity index (χ3v) is 6.19. The molecule has 1 fully saturated rings. The van der Waals surface area contributed by atoms with Crippen molar-refractivity contribution in [3.05, 3.63) is 65.2 Å². The van der Waals surface area contributed by atoms with Gasteiger partial charge >= 0.3 is 5.97 Å². The number of anilines is 1. The molecule has 1 saturated heterocycles. The Morgan fingerprint density at radius 2 is 1.76 bits per heavy atom. The van der Waals surface area contributed by atoms with Gasteiger partial charge in [-0.3, -0.25) is 14.5 Å². The van der Waals surface area contributed by atoms with Crippen LogP contribution in [0, 0.1) is 0 Å². The maximum atomic E-state index is 13.0. The van der Waals surface area contributed by atoms with Crippen molar-refractivity contribution in [2.45, 2.75) is 32.6 Å². The van der Waals surface area contributed by atoms with Gasteiger partial charge in [0.15, 0.2) is 0 Å². The minimum absolute atomic E-state index is 0.0243. The van der Waals surface area contributed by atoms with E-state index < -0.39 is 5.97 Å². The van der Waals surface area contributed by atoms with Crippen molar-refractivity contribution in [3.8, 4) is 0 Å². The lowest BCUT2D eigenvalue weighted by Gasteiger charge is -2.35. The predicted molar refractivity (Wildman–Crippen MR) is 130 cm³/mol. The molecule has 8 heteroatoms. The van der Waals surface area contributed by atoms with Gasteiger partial charge < -0.3 is 15.1 Å². The summed E-state index contributed by atoms with van der Waals surface area (Å²) < 4.78 is 0. The van der Waals surface area contributed by atoms with Crippen LogP contribution < -0.4 is 5.32 Å². The van der Waals surface area contributed by atoms with Crippen LogP contribution in [0.5, 0.6) is 0 Å². The first-order valence-electron chi connectivity index (χ1n) is 11.7. The molecule has 2 amide bonds. The molecule has 2 aromatic carbocycles. The summed E-state index contributed by atoms with van der Waals surface area (Å²) in [5.74, 6) is -0.367. The molecule has 2 aliphatic heterocycles. The first kappa shape index (κ1) is 23.6. The molecule has 0 saturated carbocycles. The predicted octanol–water partition coefficient (Wildman–Crippen LogP) is 3.08. The lowest BCUT2D eigenvalue weighted by atomic mass is 10.00.